The Morgan fingerprint density at radius 1 is 1.08 bits per heavy atom. The molecule has 1 heterocycles. The lowest BCUT2D eigenvalue weighted by Gasteiger charge is -2.34. The van der Waals surface area contributed by atoms with Gasteiger partial charge in [-0.3, -0.25) is 4.90 Å². The van der Waals surface area contributed by atoms with Gasteiger partial charge in [0.15, 0.2) is 0 Å². The summed E-state index contributed by atoms with van der Waals surface area (Å²) >= 11 is 0. The Bertz CT molecular complexity index is 567. The second-order valence-corrected chi connectivity index (χ2v) is 7.66. The van der Waals surface area contributed by atoms with E-state index in [4.69, 9.17) is 0 Å². The van der Waals surface area contributed by atoms with Gasteiger partial charge in [-0.2, -0.15) is 0 Å². The molecule has 2 rings (SSSR count). The summed E-state index contributed by atoms with van der Waals surface area (Å²) in [6.07, 6.45) is 0.854. The molecule has 140 valence electrons. The van der Waals surface area contributed by atoms with Gasteiger partial charge in [0.25, 0.3) is 0 Å². The fraction of sp³-hybridized carbons (Fsp3) is 0.650. The number of nitrogens with zero attached hydrogens (tertiary/aromatic N) is 2. The lowest BCUT2D eigenvalue weighted by molar-refractivity contribution is 0.144. The molecule has 2 amide bonds. The van der Waals surface area contributed by atoms with Gasteiger partial charge in [-0.25, -0.2) is 4.79 Å². The summed E-state index contributed by atoms with van der Waals surface area (Å²) in [6.45, 7) is 13.6. The Morgan fingerprint density at radius 3 is 2.36 bits per heavy atom. The minimum absolute atomic E-state index is 0.0705. The van der Waals surface area contributed by atoms with Crippen LogP contribution in [0.2, 0.25) is 0 Å². The molecule has 0 bridgehead atoms. The molecule has 0 saturated carbocycles. The molecule has 2 atom stereocenters. The molecule has 0 radical (unpaired) electrons. The topological polar surface area (TPSA) is 47.6 Å². The van der Waals surface area contributed by atoms with E-state index >= 15 is 0 Å². The van der Waals surface area contributed by atoms with Crippen LogP contribution in [0.1, 0.15) is 30.5 Å². The zero-order valence-electron chi connectivity index (χ0n) is 16.4. The lowest BCUT2D eigenvalue weighted by Crippen LogP contribution is -2.52. The Balaban J connectivity index is 1.73. The highest BCUT2D eigenvalue weighted by atomic mass is 16.2. The maximum absolute atomic E-state index is 12.2. The summed E-state index contributed by atoms with van der Waals surface area (Å²) in [7, 11) is 2.16. The molecule has 1 saturated heterocycles. The molecule has 0 aromatic heterocycles. The number of rotatable bonds is 6. The first kappa shape index (κ1) is 19.7. The number of carbonyl (C=O) groups excluding carboxylic acids is 1. The number of benzene rings is 1. The molecule has 5 nitrogen and oxygen atoms in total. The van der Waals surface area contributed by atoms with Crippen molar-refractivity contribution in [3.05, 3.63) is 34.9 Å². The molecule has 0 spiro atoms. The van der Waals surface area contributed by atoms with E-state index in [1.54, 1.807) is 0 Å². The SMILES string of the molecule is Cc1ccc(C[C@H](C)NC(=O)N[C@H](C)CN2CCN(C)CC2)c(C)c1. The number of carbonyl (C=O) groups is 1. The highest BCUT2D eigenvalue weighted by Gasteiger charge is 2.17. The zero-order valence-corrected chi connectivity index (χ0v) is 16.4. The molecule has 1 aromatic rings. The second-order valence-electron chi connectivity index (χ2n) is 7.66. The van der Waals surface area contributed by atoms with Crippen molar-refractivity contribution in [3.63, 3.8) is 0 Å². The van der Waals surface area contributed by atoms with E-state index in [9.17, 15) is 4.79 Å². The second kappa shape index (κ2) is 9.20. The summed E-state index contributed by atoms with van der Waals surface area (Å²) < 4.78 is 0. The van der Waals surface area contributed by atoms with Crippen molar-refractivity contribution in [2.24, 2.45) is 0 Å². The van der Waals surface area contributed by atoms with Crippen molar-refractivity contribution in [3.8, 4) is 0 Å². The molecule has 2 N–H and O–H groups in total. The summed E-state index contributed by atoms with van der Waals surface area (Å²) in [6, 6.07) is 6.68. The number of hydrogen-bond acceptors (Lipinski definition) is 3. The minimum atomic E-state index is -0.0705. The van der Waals surface area contributed by atoms with Crippen LogP contribution in [-0.4, -0.2) is 67.7 Å². The lowest BCUT2D eigenvalue weighted by atomic mass is 10.00. The number of hydrogen-bond donors (Lipinski definition) is 2. The number of urea groups is 1. The predicted octanol–water partition coefficient (Wildman–Crippen LogP) is 2.17. The number of aryl methyl sites for hydroxylation is 2. The van der Waals surface area contributed by atoms with Crippen molar-refractivity contribution in [1.82, 2.24) is 20.4 Å². The van der Waals surface area contributed by atoms with Crippen molar-refractivity contribution in [2.75, 3.05) is 39.8 Å². The van der Waals surface area contributed by atoms with E-state index < -0.39 is 0 Å². The van der Waals surface area contributed by atoms with Gasteiger partial charge in [-0.15, -0.1) is 0 Å². The fourth-order valence-electron chi connectivity index (χ4n) is 3.41. The van der Waals surface area contributed by atoms with Crippen LogP contribution in [0.25, 0.3) is 0 Å². The van der Waals surface area contributed by atoms with E-state index in [2.05, 4.69) is 73.4 Å². The van der Waals surface area contributed by atoms with Crippen molar-refractivity contribution in [2.45, 2.75) is 46.2 Å². The molecule has 1 aliphatic heterocycles. The predicted molar refractivity (Wildman–Crippen MR) is 104 cm³/mol. The van der Waals surface area contributed by atoms with Gasteiger partial charge in [0.05, 0.1) is 0 Å². The summed E-state index contributed by atoms with van der Waals surface area (Å²) in [5, 5.41) is 6.14. The van der Waals surface area contributed by atoms with Crippen molar-refractivity contribution >= 4 is 6.03 Å². The van der Waals surface area contributed by atoms with Crippen LogP contribution in [0.4, 0.5) is 4.79 Å². The Labute approximate surface area is 152 Å². The average Bonchev–Trinajstić information content (AvgIpc) is 2.52. The van der Waals surface area contributed by atoms with E-state index in [-0.39, 0.29) is 18.1 Å². The van der Waals surface area contributed by atoms with Gasteiger partial charge >= 0.3 is 6.03 Å². The molecular formula is C20H34N4O. The molecule has 1 aromatic carbocycles. The molecule has 5 heteroatoms. The van der Waals surface area contributed by atoms with Crippen LogP contribution >= 0.6 is 0 Å². The monoisotopic (exact) mass is 346 g/mol. The number of amides is 2. The standard InChI is InChI=1S/C20H34N4O/c1-15-6-7-19(16(2)12-15)13-17(3)21-20(25)22-18(4)14-24-10-8-23(5)9-11-24/h6-7,12,17-18H,8-11,13-14H2,1-5H3,(H2,21,22,25)/t17-,18+/m0/s1. The molecule has 25 heavy (non-hydrogen) atoms. The third kappa shape index (κ3) is 6.67. The Hall–Kier alpha value is -1.59. The third-order valence-corrected chi connectivity index (χ3v) is 4.91. The normalized spacial score (nSPS) is 18.6. The molecular weight excluding hydrogens is 312 g/mol. The Morgan fingerprint density at radius 2 is 1.72 bits per heavy atom. The minimum Gasteiger partial charge on any atom is -0.335 e. The van der Waals surface area contributed by atoms with Crippen LogP contribution in [0.3, 0.4) is 0 Å². The Kier molecular flexibility index (Phi) is 7.26. The van der Waals surface area contributed by atoms with E-state index in [1.165, 1.54) is 16.7 Å². The van der Waals surface area contributed by atoms with Gasteiger partial charge in [0.1, 0.15) is 0 Å². The van der Waals surface area contributed by atoms with E-state index in [0.717, 1.165) is 39.1 Å². The highest BCUT2D eigenvalue weighted by Crippen LogP contribution is 2.12. The van der Waals surface area contributed by atoms with Gasteiger partial charge in [-0.05, 0) is 52.3 Å². The summed E-state index contributed by atoms with van der Waals surface area (Å²) in [4.78, 5) is 17.0. The summed E-state index contributed by atoms with van der Waals surface area (Å²) in [5.74, 6) is 0. The van der Waals surface area contributed by atoms with E-state index in [0.29, 0.717) is 0 Å². The quantitative estimate of drug-likeness (QED) is 0.830. The highest BCUT2D eigenvalue weighted by molar-refractivity contribution is 5.74. The molecule has 0 aliphatic carbocycles. The smallest absolute Gasteiger partial charge is 0.315 e. The van der Waals surface area contributed by atoms with Gasteiger partial charge in [0, 0.05) is 44.8 Å². The number of piperazine rings is 1. The first-order chi connectivity index (χ1) is 11.8. The van der Waals surface area contributed by atoms with Crippen molar-refractivity contribution in [1.29, 1.82) is 0 Å². The maximum Gasteiger partial charge on any atom is 0.315 e. The van der Waals surface area contributed by atoms with E-state index in [1.807, 2.05) is 0 Å². The van der Waals surface area contributed by atoms with Gasteiger partial charge in [0.2, 0.25) is 0 Å². The van der Waals surface area contributed by atoms with Crippen LogP contribution < -0.4 is 10.6 Å². The van der Waals surface area contributed by atoms with Crippen LogP contribution in [0.5, 0.6) is 0 Å². The summed E-state index contributed by atoms with van der Waals surface area (Å²) in [5.41, 5.74) is 3.86. The van der Waals surface area contributed by atoms with Crippen LogP contribution in [0, 0.1) is 13.8 Å². The van der Waals surface area contributed by atoms with Gasteiger partial charge in [-0.1, -0.05) is 23.8 Å². The third-order valence-electron chi connectivity index (χ3n) is 4.91. The molecule has 0 unspecified atom stereocenters. The van der Waals surface area contributed by atoms with Crippen molar-refractivity contribution < 1.29 is 4.79 Å². The number of likely N-dealkylation sites (N-methyl/N-ethyl adjacent to an activating group) is 1. The fourth-order valence-corrected chi connectivity index (χ4v) is 3.41. The first-order valence-electron chi connectivity index (χ1n) is 9.37. The molecule has 1 fully saturated rings. The maximum atomic E-state index is 12.2. The zero-order chi connectivity index (χ0) is 18.4. The largest absolute Gasteiger partial charge is 0.335 e. The molecule has 1 aliphatic rings. The van der Waals surface area contributed by atoms with Crippen LogP contribution in [-0.2, 0) is 6.42 Å². The average molecular weight is 347 g/mol. The van der Waals surface area contributed by atoms with Gasteiger partial charge < -0.3 is 15.5 Å². The van der Waals surface area contributed by atoms with Crippen LogP contribution in [0.15, 0.2) is 18.2 Å². The number of nitrogens with one attached hydrogen (secondary N) is 2. The first-order valence-corrected chi connectivity index (χ1v) is 9.37.